The fourth-order valence-corrected chi connectivity index (χ4v) is 3.69. The van der Waals surface area contributed by atoms with Gasteiger partial charge in [0, 0.05) is 36.3 Å². The van der Waals surface area contributed by atoms with Crippen molar-refractivity contribution in [2.75, 3.05) is 18.4 Å². The number of anilines is 1. The normalized spacial score (nSPS) is 15.2. The van der Waals surface area contributed by atoms with E-state index in [4.69, 9.17) is 5.14 Å². The molecule has 2 aromatic rings. The number of amides is 2. The van der Waals surface area contributed by atoms with Crippen LogP contribution < -0.4 is 10.5 Å². The van der Waals surface area contributed by atoms with Crippen LogP contribution in [0.4, 0.5) is 14.5 Å². The molecule has 0 atom stereocenters. The Hall–Kier alpha value is -2.85. The molecule has 1 aliphatic heterocycles. The van der Waals surface area contributed by atoms with E-state index in [1.165, 1.54) is 29.2 Å². The number of nitrogens with zero attached hydrogens (tertiary/aromatic N) is 1. The third-order valence-corrected chi connectivity index (χ3v) is 5.64. The van der Waals surface area contributed by atoms with E-state index in [0.29, 0.717) is 24.6 Å². The fourth-order valence-electron chi connectivity index (χ4n) is 3.18. The summed E-state index contributed by atoms with van der Waals surface area (Å²) in [5.41, 5.74) is 0.358. The quantitative estimate of drug-likeness (QED) is 0.785. The van der Waals surface area contributed by atoms with E-state index in [-0.39, 0.29) is 35.4 Å². The number of hydrogen-bond acceptors (Lipinski definition) is 4. The molecule has 7 nitrogen and oxygen atoms in total. The highest BCUT2D eigenvalue weighted by atomic mass is 32.2. The maximum absolute atomic E-state index is 13.3. The molecule has 0 unspecified atom stereocenters. The first-order valence-corrected chi connectivity index (χ1v) is 10.4. The number of likely N-dealkylation sites (tertiary alicyclic amines) is 1. The molecule has 1 heterocycles. The van der Waals surface area contributed by atoms with Gasteiger partial charge in [0.2, 0.25) is 15.9 Å². The van der Waals surface area contributed by atoms with Gasteiger partial charge < -0.3 is 10.2 Å². The standard InChI is InChI=1S/C19H19F2N3O4S/c20-14-9-13(10-15(21)11-14)19(26)24-7-5-12(6-8-24)18(25)23-16-1-3-17(4-2-16)29(22,27)28/h1-4,9-12H,5-8H2,(H,23,25)(H2,22,27,28). The number of halogens is 2. The van der Waals surface area contributed by atoms with Crippen LogP contribution in [0.3, 0.4) is 0 Å². The second kappa shape index (κ2) is 8.26. The molecule has 0 aliphatic carbocycles. The molecular formula is C19H19F2N3O4S. The van der Waals surface area contributed by atoms with Crippen molar-refractivity contribution in [1.82, 2.24) is 4.90 Å². The van der Waals surface area contributed by atoms with Crippen LogP contribution in [0.25, 0.3) is 0 Å². The van der Waals surface area contributed by atoms with E-state index in [1.54, 1.807) is 0 Å². The first-order chi connectivity index (χ1) is 13.6. The number of carbonyl (C=O) groups excluding carboxylic acids is 2. The van der Waals surface area contributed by atoms with Gasteiger partial charge in [0.05, 0.1) is 4.90 Å². The number of nitrogens with two attached hydrogens (primary N) is 1. The Labute approximate surface area is 166 Å². The monoisotopic (exact) mass is 423 g/mol. The van der Waals surface area contributed by atoms with Crippen molar-refractivity contribution in [3.05, 3.63) is 59.7 Å². The number of rotatable bonds is 4. The summed E-state index contributed by atoms with van der Waals surface area (Å²) >= 11 is 0. The number of piperidine rings is 1. The molecule has 29 heavy (non-hydrogen) atoms. The summed E-state index contributed by atoms with van der Waals surface area (Å²) in [4.78, 5) is 26.2. The lowest BCUT2D eigenvalue weighted by Gasteiger charge is -2.31. The first-order valence-electron chi connectivity index (χ1n) is 8.82. The van der Waals surface area contributed by atoms with E-state index in [9.17, 15) is 26.8 Å². The molecule has 3 rings (SSSR count). The van der Waals surface area contributed by atoms with Crippen molar-refractivity contribution in [1.29, 1.82) is 0 Å². The Bertz CT molecular complexity index is 1010. The van der Waals surface area contributed by atoms with Crippen LogP contribution in [0.5, 0.6) is 0 Å². The van der Waals surface area contributed by atoms with Crippen molar-refractivity contribution < 1.29 is 26.8 Å². The van der Waals surface area contributed by atoms with Gasteiger partial charge in [-0.05, 0) is 49.2 Å². The molecule has 1 aliphatic rings. The molecule has 2 aromatic carbocycles. The van der Waals surface area contributed by atoms with Crippen LogP contribution in [0.2, 0.25) is 0 Å². The van der Waals surface area contributed by atoms with Gasteiger partial charge in [0.25, 0.3) is 5.91 Å². The van der Waals surface area contributed by atoms with Crippen molar-refractivity contribution in [2.24, 2.45) is 11.1 Å². The lowest BCUT2D eigenvalue weighted by atomic mass is 9.95. The summed E-state index contributed by atoms with van der Waals surface area (Å²) in [6.07, 6.45) is 0.787. The molecule has 0 radical (unpaired) electrons. The zero-order valence-corrected chi connectivity index (χ0v) is 16.1. The minimum Gasteiger partial charge on any atom is -0.339 e. The number of primary sulfonamides is 1. The predicted octanol–water partition coefficient (Wildman–Crippen LogP) is 2.10. The number of carbonyl (C=O) groups is 2. The predicted molar refractivity (Wildman–Crippen MR) is 101 cm³/mol. The van der Waals surface area contributed by atoms with E-state index in [2.05, 4.69) is 5.32 Å². The van der Waals surface area contributed by atoms with E-state index < -0.39 is 27.6 Å². The van der Waals surface area contributed by atoms with Crippen LogP contribution >= 0.6 is 0 Å². The highest BCUT2D eigenvalue weighted by Crippen LogP contribution is 2.22. The summed E-state index contributed by atoms with van der Waals surface area (Å²) < 4.78 is 49.1. The van der Waals surface area contributed by atoms with Gasteiger partial charge in [0.15, 0.2) is 0 Å². The van der Waals surface area contributed by atoms with Gasteiger partial charge in [-0.2, -0.15) is 0 Å². The Morgan fingerprint density at radius 2 is 1.55 bits per heavy atom. The van der Waals surface area contributed by atoms with Gasteiger partial charge in [-0.3, -0.25) is 9.59 Å². The molecule has 0 bridgehead atoms. The molecule has 10 heteroatoms. The fraction of sp³-hybridized carbons (Fsp3) is 0.263. The smallest absolute Gasteiger partial charge is 0.254 e. The largest absolute Gasteiger partial charge is 0.339 e. The van der Waals surface area contributed by atoms with Gasteiger partial charge in [-0.25, -0.2) is 22.3 Å². The number of benzene rings is 2. The topological polar surface area (TPSA) is 110 Å². The second-order valence-corrected chi connectivity index (χ2v) is 8.34. The molecule has 154 valence electrons. The molecule has 0 spiro atoms. The lowest BCUT2D eigenvalue weighted by Crippen LogP contribution is -2.41. The summed E-state index contributed by atoms with van der Waals surface area (Å²) in [5.74, 6) is -2.73. The van der Waals surface area contributed by atoms with Gasteiger partial charge in [-0.1, -0.05) is 0 Å². The molecule has 3 N–H and O–H groups in total. The number of sulfonamides is 1. The van der Waals surface area contributed by atoms with Gasteiger partial charge in [-0.15, -0.1) is 0 Å². The summed E-state index contributed by atoms with van der Waals surface area (Å²) in [6, 6.07) is 8.13. The zero-order valence-electron chi connectivity index (χ0n) is 15.3. The van der Waals surface area contributed by atoms with Crippen molar-refractivity contribution in [3.8, 4) is 0 Å². The minimum atomic E-state index is -3.81. The Morgan fingerprint density at radius 1 is 1.00 bits per heavy atom. The maximum atomic E-state index is 13.3. The molecule has 1 saturated heterocycles. The average molecular weight is 423 g/mol. The minimum absolute atomic E-state index is 0.0592. The highest BCUT2D eigenvalue weighted by molar-refractivity contribution is 7.89. The molecule has 2 amide bonds. The van der Waals surface area contributed by atoms with E-state index >= 15 is 0 Å². The molecule has 0 aromatic heterocycles. The third-order valence-electron chi connectivity index (χ3n) is 4.71. The Morgan fingerprint density at radius 3 is 2.07 bits per heavy atom. The van der Waals surface area contributed by atoms with Crippen LogP contribution in [0.1, 0.15) is 23.2 Å². The number of hydrogen-bond donors (Lipinski definition) is 2. The molecule has 1 fully saturated rings. The van der Waals surface area contributed by atoms with Crippen LogP contribution in [0.15, 0.2) is 47.4 Å². The first kappa shape index (κ1) is 20.9. The zero-order chi connectivity index (χ0) is 21.2. The van der Waals surface area contributed by atoms with Crippen LogP contribution in [0, 0.1) is 17.6 Å². The Balaban J connectivity index is 1.57. The summed E-state index contributed by atoms with van der Waals surface area (Å²) in [7, 11) is -3.81. The maximum Gasteiger partial charge on any atom is 0.254 e. The average Bonchev–Trinajstić information content (AvgIpc) is 2.66. The van der Waals surface area contributed by atoms with Gasteiger partial charge >= 0.3 is 0 Å². The molecule has 0 saturated carbocycles. The Kier molecular flexibility index (Phi) is 5.94. The number of nitrogens with one attached hydrogen (secondary N) is 1. The van der Waals surface area contributed by atoms with Crippen molar-refractivity contribution in [3.63, 3.8) is 0 Å². The van der Waals surface area contributed by atoms with Crippen molar-refractivity contribution >= 4 is 27.5 Å². The summed E-state index contributed by atoms with van der Waals surface area (Å²) in [6.45, 7) is 0.554. The highest BCUT2D eigenvalue weighted by Gasteiger charge is 2.28. The second-order valence-electron chi connectivity index (χ2n) is 6.78. The van der Waals surface area contributed by atoms with Crippen LogP contribution in [-0.4, -0.2) is 38.2 Å². The summed E-state index contributed by atoms with van der Waals surface area (Å²) in [5, 5.41) is 7.74. The van der Waals surface area contributed by atoms with Crippen LogP contribution in [-0.2, 0) is 14.8 Å². The molecular weight excluding hydrogens is 404 g/mol. The third kappa shape index (κ3) is 5.15. The SMILES string of the molecule is NS(=O)(=O)c1ccc(NC(=O)C2CCN(C(=O)c3cc(F)cc(F)c3)CC2)cc1. The van der Waals surface area contributed by atoms with Crippen molar-refractivity contribution in [2.45, 2.75) is 17.7 Å². The lowest BCUT2D eigenvalue weighted by molar-refractivity contribution is -0.121. The van der Waals surface area contributed by atoms with E-state index in [1.807, 2.05) is 0 Å². The van der Waals surface area contributed by atoms with E-state index in [0.717, 1.165) is 12.1 Å². The van der Waals surface area contributed by atoms with Gasteiger partial charge in [0.1, 0.15) is 11.6 Å².